The summed E-state index contributed by atoms with van der Waals surface area (Å²) in [6.45, 7) is 4.51. The lowest BCUT2D eigenvalue weighted by Gasteiger charge is -2.13. The van der Waals surface area contributed by atoms with Crippen LogP contribution in [0, 0.1) is 5.82 Å². The molecule has 23 heavy (non-hydrogen) atoms. The second-order valence-electron chi connectivity index (χ2n) is 5.04. The highest BCUT2D eigenvalue weighted by molar-refractivity contribution is 5.94. The van der Waals surface area contributed by atoms with Crippen molar-refractivity contribution in [1.82, 2.24) is 15.3 Å². The molecule has 1 aromatic heterocycles. The highest BCUT2D eigenvalue weighted by atomic mass is 19.1. The van der Waals surface area contributed by atoms with Gasteiger partial charge in [0.15, 0.2) is 5.82 Å². The lowest BCUT2D eigenvalue weighted by molar-refractivity contribution is 0.0951. The maximum Gasteiger partial charge on any atom is 0.257 e. The van der Waals surface area contributed by atoms with E-state index in [-0.39, 0.29) is 11.7 Å². The number of aromatic nitrogens is 2. The summed E-state index contributed by atoms with van der Waals surface area (Å²) in [7, 11) is 0. The average molecular weight is 318 g/mol. The molecule has 2 rings (SSSR count). The van der Waals surface area contributed by atoms with Gasteiger partial charge in [-0.3, -0.25) is 4.79 Å². The quantitative estimate of drug-likeness (QED) is 0.766. The van der Waals surface area contributed by atoms with Crippen LogP contribution in [0.1, 0.15) is 24.2 Å². The van der Waals surface area contributed by atoms with E-state index in [9.17, 15) is 9.18 Å². The Morgan fingerprint density at radius 2 is 1.96 bits per heavy atom. The summed E-state index contributed by atoms with van der Waals surface area (Å²) in [6.07, 6.45) is 3.07. The minimum absolute atomic E-state index is 0.0204. The minimum atomic E-state index is -0.542. The SMILES string of the molecule is CC(C)Oc1nccnc1NCCNC(=O)c1ccccc1F. The maximum atomic E-state index is 13.5. The largest absolute Gasteiger partial charge is 0.472 e. The molecule has 0 bridgehead atoms. The molecule has 0 fully saturated rings. The Balaban J connectivity index is 1.84. The van der Waals surface area contributed by atoms with E-state index in [2.05, 4.69) is 20.6 Å². The van der Waals surface area contributed by atoms with Crippen molar-refractivity contribution in [2.75, 3.05) is 18.4 Å². The van der Waals surface area contributed by atoms with Gasteiger partial charge < -0.3 is 15.4 Å². The average Bonchev–Trinajstić information content (AvgIpc) is 2.52. The Labute approximate surface area is 134 Å². The minimum Gasteiger partial charge on any atom is -0.472 e. The van der Waals surface area contributed by atoms with Crippen LogP contribution in [-0.4, -0.2) is 35.1 Å². The van der Waals surface area contributed by atoms with Gasteiger partial charge in [-0.05, 0) is 26.0 Å². The number of carbonyl (C=O) groups excluding carboxylic acids is 1. The van der Waals surface area contributed by atoms with Crippen LogP contribution in [0.2, 0.25) is 0 Å². The van der Waals surface area contributed by atoms with Gasteiger partial charge in [0, 0.05) is 25.5 Å². The fourth-order valence-corrected chi connectivity index (χ4v) is 1.85. The molecule has 0 aliphatic heterocycles. The number of rotatable bonds is 7. The number of hydrogen-bond acceptors (Lipinski definition) is 5. The standard InChI is InChI=1S/C16H19FN4O2/c1-11(2)23-16-14(19-8-10-21-16)18-7-9-20-15(22)12-5-3-4-6-13(12)17/h3-6,8,10-11H,7,9H2,1-2H3,(H,18,19)(H,20,22). The van der Waals surface area contributed by atoms with Gasteiger partial charge >= 0.3 is 0 Å². The van der Waals surface area contributed by atoms with Gasteiger partial charge in [-0.1, -0.05) is 12.1 Å². The predicted molar refractivity (Wildman–Crippen MR) is 85.0 cm³/mol. The van der Waals surface area contributed by atoms with Crippen molar-refractivity contribution in [2.45, 2.75) is 20.0 Å². The van der Waals surface area contributed by atoms with Crippen LogP contribution >= 0.6 is 0 Å². The van der Waals surface area contributed by atoms with Gasteiger partial charge in [-0.15, -0.1) is 0 Å². The van der Waals surface area contributed by atoms with E-state index in [1.165, 1.54) is 18.2 Å². The number of amides is 1. The molecular weight excluding hydrogens is 299 g/mol. The van der Waals surface area contributed by atoms with Gasteiger partial charge in [0.05, 0.1) is 11.7 Å². The first-order valence-electron chi connectivity index (χ1n) is 7.32. The van der Waals surface area contributed by atoms with Crippen molar-refractivity contribution in [3.63, 3.8) is 0 Å². The number of hydrogen-bond donors (Lipinski definition) is 2. The fraction of sp³-hybridized carbons (Fsp3) is 0.312. The summed E-state index contributed by atoms with van der Waals surface area (Å²) in [5.74, 6) is -0.0912. The van der Waals surface area contributed by atoms with Crippen LogP contribution in [0.4, 0.5) is 10.2 Å². The maximum absolute atomic E-state index is 13.5. The molecule has 2 N–H and O–H groups in total. The summed E-state index contributed by atoms with van der Waals surface area (Å²) in [5, 5.41) is 5.67. The van der Waals surface area contributed by atoms with Crippen molar-refractivity contribution in [3.8, 4) is 5.88 Å². The molecule has 0 aliphatic rings. The van der Waals surface area contributed by atoms with E-state index >= 15 is 0 Å². The molecule has 1 aromatic carbocycles. The van der Waals surface area contributed by atoms with E-state index in [1.54, 1.807) is 18.5 Å². The first kappa shape index (κ1) is 16.7. The van der Waals surface area contributed by atoms with Crippen LogP contribution in [0.3, 0.4) is 0 Å². The molecule has 0 unspecified atom stereocenters. The molecule has 6 nitrogen and oxygen atoms in total. The zero-order valence-electron chi connectivity index (χ0n) is 13.0. The van der Waals surface area contributed by atoms with Crippen molar-refractivity contribution in [1.29, 1.82) is 0 Å². The lowest BCUT2D eigenvalue weighted by Crippen LogP contribution is -2.29. The first-order valence-corrected chi connectivity index (χ1v) is 7.32. The normalized spacial score (nSPS) is 10.4. The lowest BCUT2D eigenvalue weighted by atomic mass is 10.2. The van der Waals surface area contributed by atoms with Gasteiger partial charge in [0.1, 0.15) is 5.82 Å². The second-order valence-corrected chi connectivity index (χ2v) is 5.04. The monoisotopic (exact) mass is 318 g/mol. The highest BCUT2D eigenvalue weighted by Crippen LogP contribution is 2.18. The van der Waals surface area contributed by atoms with Gasteiger partial charge in [-0.2, -0.15) is 0 Å². The van der Waals surface area contributed by atoms with Crippen LogP contribution < -0.4 is 15.4 Å². The summed E-state index contributed by atoms with van der Waals surface area (Å²) in [5.41, 5.74) is 0.0239. The summed E-state index contributed by atoms with van der Waals surface area (Å²) >= 11 is 0. The smallest absolute Gasteiger partial charge is 0.257 e. The third-order valence-corrected chi connectivity index (χ3v) is 2.83. The van der Waals surface area contributed by atoms with E-state index in [4.69, 9.17) is 4.74 Å². The third kappa shape index (κ3) is 4.91. The van der Waals surface area contributed by atoms with E-state index in [0.717, 1.165) is 0 Å². The molecule has 0 spiro atoms. The number of nitrogens with one attached hydrogen (secondary N) is 2. The van der Waals surface area contributed by atoms with E-state index in [1.807, 2.05) is 13.8 Å². The second kappa shape index (κ2) is 8.07. The molecule has 0 saturated heterocycles. The number of anilines is 1. The molecule has 7 heteroatoms. The van der Waals surface area contributed by atoms with Crippen LogP contribution in [-0.2, 0) is 0 Å². The Morgan fingerprint density at radius 3 is 2.70 bits per heavy atom. The molecule has 0 radical (unpaired) electrons. The zero-order valence-corrected chi connectivity index (χ0v) is 13.0. The summed E-state index contributed by atoms with van der Waals surface area (Å²) < 4.78 is 19.0. The molecule has 0 saturated carbocycles. The first-order chi connectivity index (χ1) is 11.1. The van der Waals surface area contributed by atoms with Gasteiger partial charge in [0.25, 0.3) is 11.8 Å². The molecule has 0 aliphatic carbocycles. The molecule has 1 heterocycles. The van der Waals surface area contributed by atoms with Crippen LogP contribution in [0.5, 0.6) is 5.88 Å². The van der Waals surface area contributed by atoms with Crippen molar-refractivity contribution in [3.05, 3.63) is 48.0 Å². The Hall–Kier alpha value is -2.70. The molecular formula is C16H19FN4O2. The Bertz CT molecular complexity index is 664. The van der Waals surface area contributed by atoms with Crippen LogP contribution in [0.25, 0.3) is 0 Å². The van der Waals surface area contributed by atoms with E-state index < -0.39 is 11.7 Å². The molecule has 122 valence electrons. The third-order valence-electron chi connectivity index (χ3n) is 2.83. The molecule has 0 atom stereocenters. The molecule has 1 amide bonds. The predicted octanol–water partition coefficient (Wildman–Crippen LogP) is 2.24. The number of carbonyl (C=O) groups is 1. The number of benzene rings is 1. The summed E-state index contributed by atoms with van der Waals surface area (Å²) in [6, 6.07) is 5.85. The Morgan fingerprint density at radius 1 is 1.22 bits per heavy atom. The van der Waals surface area contributed by atoms with Crippen molar-refractivity contribution < 1.29 is 13.9 Å². The summed E-state index contributed by atoms with van der Waals surface area (Å²) in [4.78, 5) is 20.1. The van der Waals surface area contributed by atoms with Crippen molar-refractivity contribution in [2.24, 2.45) is 0 Å². The topological polar surface area (TPSA) is 76.1 Å². The van der Waals surface area contributed by atoms with Crippen molar-refractivity contribution >= 4 is 11.7 Å². The Kier molecular flexibility index (Phi) is 5.85. The number of ether oxygens (including phenoxy) is 1. The van der Waals surface area contributed by atoms with Gasteiger partial charge in [0.2, 0.25) is 0 Å². The number of nitrogens with zero attached hydrogens (tertiary/aromatic N) is 2. The van der Waals surface area contributed by atoms with E-state index in [0.29, 0.717) is 24.8 Å². The van der Waals surface area contributed by atoms with Gasteiger partial charge in [-0.25, -0.2) is 14.4 Å². The highest BCUT2D eigenvalue weighted by Gasteiger charge is 2.11. The zero-order chi connectivity index (χ0) is 16.7. The molecule has 2 aromatic rings. The van der Waals surface area contributed by atoms with Crippen LogP contribution in [0.15, 0.2) is 36.7 Å². The number of halogens is 1. The fourth-order valence-electron chi connectivity index (χ4n) is 1.85.